The average Bonchev–Trinajstić information content (AvgIpc) is 3.15. The molecule has 1 aromatic heterocycles. The van der Waals surface area contributed by atoms with Gasteiger partial charge in [0, 0.05) is 25.1 Å². The molecular formula is C26H27N3O2. The minimum atomic E-state index is -0.0733. The highest BCUT2D eigenvalue weighted by atomic mass is 16.5. The molecule has 0 spiro atoms. The van der Waals surface area contributed by atoms with Gasteiger partial charge in [0.1, 0.15) is 11.6 Å². The van der Waals surface area contributed by atoms with E-state index in [1.165, 1.54) is 11.1 Å². The monoisotopic (exact) mass is 413 g/mol. The van der Waals surface area contributed by atoms with Crippen molar-refractivity contribution in [3.05, 3.63) is 95.3 Å². The minimum Gasteiger partial charge on any atom is -0.497 e. The summed E-state index contributed by atoms with van der Waals surface area (Å²) in [5, 5.41) is 3.00. The van der Waals surface area contributed by atoms with Gasteiger partial charge in [-0.2, -0.15) is 0 Å². The number of carbonyl (C=O) groups excluding carboxylic acids is 1. The SMILES string of the molecule is COc1ccc(C(=O)NCCCc2nc3ccccc3n2Cc2ccc(C)cc2)cc1. The van der Waals surface area contributed by atoms with Crippen LogP contribution >= 0.6 is 0 Å². The van der Waals surface area contributed by atoms with Gasteiger partial charge in [-0.3, -0.25) is 4.79 Å². The van der Waals surface area contributed by atoms with Crippen LogP contribution in [0.3, 0.4) is 0 Å². The molecule has 0 aliphatic heterocycles. The highest BCUT2D eigenvalue weighted by Gasteiger charge is 2.11. The van der Waals surface area contributed by atoms with Crippen molar-refractivity contribution in [1.82, 2.24) is 14.9 Å². The number of aromatic nitrogens is 2. The number of amides is 1. The summed E-state index contributed by atoms with van der Waals surface area (Å²) in [5.74, 6) is 1.71. The van der Waals surface area contributed by atoms with Crippen LogP contribution in [0.25, 0.3) is 11.0 Å². The molecule has 1 heterocycles. The van der Waals surface area contributed by atoms with Crippen molar-refractivity contribution in [2.24, 2.45) is 0 Å². The summed E-state index contributed by atoms with van der Waals surface area (Å²) in [6.45, 7) is 3.48. The van der Waals surface area contributed by atoms with Gasteiger partial charge in [-0.1, -0.05) is 42.0 Å². The zero-order valence-corrected chi connectivity index (χ0v) is 18.0. The Morgan fingerprint density at radius 3 is 2.48 bits per heavy atom. The Morgan fingerprint density at radius 1 is 1.00 bits per heavy atom. The molecule has 1 N–H and O–H groups in total. The molecule has 0 aliphatic rings. The third-order valence-electron chi connectivity index (χ3n) is 5.41. The van der Waals surface area contributed by atoms with E-state index < -0.39 is 0 Å². The first-order valence-electron chi connectivity index (χ1n) is 10.6. The van der Waals surface area contributed by atoms with Gasteiger partial charge in [0.2, 0.25) is 0 Å². The summed E-state index contributed by atoms with van der Waals surface area (Å²) in [5.41, 5.74) is 5.29. The Hall–Kier alpha value is -3.60. The van der Waals surface area contributed by atoms with Crippen molar-refractivity contribution in [2.75, 3.05) is 13.7 Å². The zero-order chi connectivity index (χ0) is 21.6. The fourth-order valence-electron chi connectivity index (χ4n) is 3.66. The van der Waals surface area contributed by atoms with Gasteiger partial charge < -0.3 is 14.6 Å². The fraction of sp³-hybridized carbons (Fsp3) is 0.231. The standard InChI is InChI=1S/C26H27N3O2/c1-19-9-11-20(12-10-19)18-29-24-7-4-3-6-23(24)28-25(29)8-5-17-27-26(30)21-13-15-22(31-2)16-14-21/h3-4,6-7,9-16H,5,8,17-18H2,1-2H3,(H,27,30). The first kappa shape index (κ1) is 20.7. The van der Waals surface area contributed by atoms with E-state index in [0.29, 0.717) is 12.1 Å². The van der Waals surface area contributed by atoms with Crippen LogP contribution < -0.4 is 10.1 Å². The van der Waals surface area contributed by atoms with Gasteiger partial charge >= 0.3 is 0 Å². The second-order valence-corrected chi connectivity index (χ2v) is 7.68. The number of carbonyl (C=O) groups is 1. The van der Waals surface area contributed by atoms with Crippen LogP contribution in [0.1, 0.15) is 33.7 Å². The maximum Gasteiger partial charge on any atom is 0.251 e. The van der Waals surface area contributed by atoms with Gasteiger partial charge in [-0.15, -0.1) is 0 Å². The van der Waals surface area contributed by atoms with E-state index in [1.807, 2.05) is 6.07 Å². The molecule has 0 fully saturated rings. The zero-order valence-electron chi connectivity index (χ0n) is 18.0. The van der Waals surface area contributed by atoms with Gasteiger partial charge in [0.05, 0.1) is 18.1 Å². The van der Waals surface area contributed by atoms with Crippen molar-refractivity contribution in [2.45, 2.75) is 26.3 Å². The number of para-hydroxylation sites is 2. The molecule has 4 aromatic rings. The molecule has 0 saturated carbocycles. The number of imidazole rings is 1. The Bertz CT molecular complexity index is 1160. The maximum absolute atomic E-state index is 12.4. The van der Waals surface area contributed by atoms with Crippen molar-refractivity contribution >= 4 is 16.9 Å². The van der Waals surface area contributed by atoms with Crippen LogP contribution in [0.5, 0.6) is 5.75 Å². The van der Waals surface area contributed by atoms with Crippen molar-refractivity contribution in [1.29, 1.82) is 0 Å². The van der Waals surface area contributed by atoms with E-state index in [-0.39, 0.29) is 5.91 Å². The van der Waals surface area contributed by atoms with E-state index in [0.717, 1.165) is 42.0 Å². The maximum atomic E-state index is 12.4. The number of nitrogens with one attached hydrogen (secondary N) is 1. The summed E-state index contributed by atoms with van der Waals surface area (Å²) in [6, 6.07) is 24.0. The predicted octanol–water partition coefficient (Wildman–Crippen LogP) is 4.76. The third-order valence-corrected chi connectivity index (χ3v) is 5.41. The molecule has 0 bridgehead atoms. The quantitative estimate of drug-likeness (QED) is 0.424. The molecule has 0 aliphatic carbocycles. The Balaban J connectivity index is 1.41. The van der Waals surface area contributed by atoms with E-state index >= 15 is 0 Å². The highest BCUT2D eigenvalue weighted by molar-refractivity contribution is 5.94. The first-order valence-corrected chi connectivity index (χ1v) is 10.6. The van der Waals surface area contributed by atoms with Crippen LogP contribution in [-0.2, 0) is 13.0 Å². The summed E-state index contributed by atoms with van der Waals surface area (Å²) < 4.78 is 7.42. The first-order chi connectivity index (χ1) is 15.1. The summed E-state index contributed by atoms with van der Waals surface area (Å²) in [6.07, 6.45) is 1.61. The number of aryl methyl sites for hydroxylation is 2. The van der Waals surface area contributed by atoms with Gasteiger partial charge in [0.25, 0.3) is 5.91 Å². The van der Waals surface area contributed by atoms with Crippen molar-refractivity contribution in [3.8, 4) is 5.75 Å². The molecule has 3 aromatic carbocycles. The fourth-order valence-corrected chi connectivity index (χ4v) is 3.66. The van der Waals surface area contributed by atoms with Gasteiger partial charge in [-0.25, -0.2) is 4.98 Å². The second-order valence-electron chi connectivity index (χ2n) is 7.68. The molecule has 158 valence electrons. The van der Waals surface area contributed by atoms with E-state index in [4.69, 9.17) is 9.72 Å². The number of rotatable bonds is 8. The predicted molar refractivity (Wildman–Crippen MR) is 124 cm³/mol. The largest absolute Gasteiger partial charge is 0.497 e. The molecule has 0 atom stereocenters. The highest BCUT2D eigenvalue weighted by Crippen LogP contribution is 2.19. The van der Waals surface area contributed by atoms with E-state index in [2.05, 4.69) is 59.3 Å². The Labute approximate surface area is 182 Å². The lowest BCUT2D eigenvalue weighted by Gasteiger charge is -2.10. The number of benzene rings is 3. The molecule has 5 nitrogen and oxygen atoms in total. The molecule has 0 radical (unpaired) electrons. The van der Waals surface area contributed by atoms with E-state index in [9.17, 15) is 4.79 Å². The van der Waals surface area contributed by atoms with Gasteiger partial charge in [0.15, 0.2) is 0 Å². The number of hydrogen-bond donors (Lipinski definition) is 1. The van der Waals surface area contributed by atoms with Gasteiger partial charge in [-0.05, 0) is 55.3 Å². The molecule has 5 heteroatoms. The minimum absolute atomic E-state index is 0.0733. The Kier molecular flexibility index (Phi) is 6.32. The topological polar surface area (TPSA) is 56.1 Å². The van der Waals surface area contributed by atoms with Crippen LogP contribution in [0.2, 0.25) is 0 Å². The third kappa shape index (κ3) is 4.94. The van der Waals surface area contributed by atoms with Crippen LogP contribution in [0.4, 0.5) is 0 Å². The van der Waals surface area contributed by atoms with Crippen molar-refractivity contribution < 1.29 is 9.53 Å². The van der Waals surface area contributed by atoms with E-state index in [1.54, 1.807) is 31.4 Å². The normalized spacial score (nSPS) is 10.9. The number of methoxy groups -OCH3 is 1. The van der Waals surface area contributed by atoms with Crippen LogP contribution in [-0.4, -0.2) is 29.1 Å². The number of fused-ring (bicyclic) bond motifs is 1. The molecule has 0 saturated heterocycles. The van der Waals surface area contributed by atoms with Crippen LogP contribution in [0.15, 0.2) is 72.8 Å². The lowest BCUT2D eigenvalue weighted by Crippen LogP contribution is -2.25. The smallest absolute Gasteiger partial charge is 0.251 e. The number of hydrogen-bond acceptors (Lipinski definition) is 3. The molecule has 0 unspecified atom stereocenters. The lowest BCUT2D eigenvalue weighted by molar-refractivity contribution is 0.0953. The summed E-state index contributed by atoms with van der Waals surface area (Å²) in [4.78, 5) is 17.2. The second kappa shape index (κ2) is 9.47. The summed E-state index contributed by atoms with van der Waals surface area (Å²) in [7, 11) is 1.61. The Morgan fingerprint density at radius 2 is 1.74 bits per heavy atom. The lowest BCUT2D eigenvalue weighted by atomic mass is 10.1. The number of ether oxygens (including phenoxy) is 1. The molecule has 31 heavy (non-hydrogen) atoms. The molecule has 1 amide bonds. The summed E-state index contributed by atoms with van der Waals surface area (Å²) >= 11 is 0. The van der Waals surface area contributed by atoms with Crippen molar-refractivity contribution in [3.63, 3.8) is 0 Å². The molecular weight excluding hydrogens is 386 g/mol. The van der Waals surface area contributed by atoms with Crippen LogP contribution in [0, 0.1) is 6.92 Å². The average molecular weight is 414 g/mol. The molecule has 4 rings (SSSR count). The number of nitrogens with zero attached hydrogens (tertiary/aromatic N) is 2.